The van der Waals surface area contributed by atoms with Gasteiger partial charge < -0.3 is 9.47 Å². The van der Waals surface area contributed by atoms with Crippen LogP contribution < -0.4 is 9.47 Å². The molecule has 0 aromatic heterocycles. The first-order chi connectivity index (χ1) is 12.5. The van der Waals surface area contributed by atoms with E-state index in [9.17, 15) is 0 Å². The molecule has 4 rings (SSSR count). The third kappa shape index (κ3) is 2.82. The van der Waals surface area contributed by atoms with Crippen molar-refractivity contribution >= 4 is 17.3 Å². The van der Waals surface area contributed by atoms with Crippen LogP contribution in [0.5, 0.6) is 11.5 Å². The van der Waals surface area contributed by atoms with E-state index in [0.717, 1.165) is 52.6 Å². The molecule has 2 aliphatic rings. The predicted molar refractivity (Wildman–Crippen MR) is 104 cm³/mol. The Labute approximate surface area is 159 Å². The summed E-state index contributed by atoms with van der Waals surface area (Å²) < 4.78 is 11.7. The summed E-state index contributed by atoms with van der Waals surface area (Å²) in [7, 11) is 1.68. The third-order valence-electron chi connectivity index (χ3n) is 5.19. The van der Waals surface area contributed by atoms with Gasteiger partial charge in [-0.2, -0.15) is 5.10 Å². The maximum Gasteiger partial charge on any atom is 0.195 e. The zero-order valence-electron chi connectivity index (χ0n) is 15.3. The molecule has 2 heterocycles. The Morgan fingerprint density at radius 2 is 2.04 bits per heavy atom. The molecule has 0 amide bonds. The molecule has 0 bridgehead atoms. The van der Waals surface area contributed by atoms with Crippen LogP contribution in [-0.4, -0.2) is 23.6 Å². The molecule has 0 spiro atoms. The molecule has 2 aliphatic heterocycles. The highest BCUT2D eigenvalue weighted by Gasteiger charge is 2.47. The average molecular weight is 371 g/mol. The van der Waals surface area contributed by atoms with E-state index >= 15 is 0 Å². The molecule has 0 radical (unpaired) electrons. The number of nitrogens with zero attached hydrogens (tertiary/aromatic N) is 2. The van der Waals surface area contributed by atoms with Crippen LogP contribution in [0.25, 0.3) is 0 Å². The minimum atomic E-state index is -0.450. The lowest BCUT2D eigenvalue weighted by Gasteiger charge is -2.45. The van der Waals surface area contributed by atoms with Crippen molar-refractivity contribution in [2.45, 2.75) is 44.9 Å². The molecule has 4 nitrogen and oxygen atoms in total. The van der Waals surface area contributed by atoms with Gasteiger partial charge in [-0.05, 0) is 55.0 Å². The Balaban J connectivity index is 1.75. The molecule has 5 heteroatoms. The van der Waals surface area contributed by atoms with E-state index in [-0.39, 0.29) is 6.04 Å². The van der Waals surface area contributed by atoms with Gasteiger partial charge in [0.1, 0.15) is 11.5 Å². The zero-order valence-corrected chi connectivity index (χ0v) is 16.1. The van der Waals surface area contributed by atoms with Crippen molar-refractivity contribution in [3.8, 4) is 11.5 Å². The lowest BCUT2D eigenvalue weighted by atomic mass is 9.94. The first-order valence-corrected chi connectivity index (χ1v) is 9.41. The minimum Gasteiger partial charge on any atom is -0.497 e. The summed E-state index contributed by atoms with van der Waals surface area (Å²) in [6, 6.07) is 14.1. The van der Waals surface area contributed by atoms with Gasteiger partial charge in [0.15, 0.2) is 5.72 Å². The van der Waals surface area contributed by atoms with Crippen LogP contribution in [0.15, 0.2) is 47.6 Å². The molecule has 26 heavy (non-hydrogen) atoms. The van der Waals surface area contributed by atoms with Crippen LogP contribution in [-0.2, 0) is 0 Å². The Kier molecular flexibility index (Phi) is 4.31. The molecule has 0 saturated carbocycles. The van der Waals surface area contributed by atoms with Crippen molar-refractivity contribution in [2.75, 3.05) is 7.11 Å². The van der Waals surface area contributed by atoms with Gasteiger partial charge in [-0.15, -0.1) is 0 Å². The van der Waals surface area contributed by atoms with Gasteiger partial charge in [0.05, 0.1) is 18.9 Å². The second-order valence-electron chi connectivity index (χ2n) is 7.05. The van der Waals surface area contributed by atoms with E-state index in [4.69, 9.17) is 26.2 Å². The van der Waals surface area contributed by atoms with Crippen LogP contribution in [0.1, 0.15) is 50.3 Å². The molecular formula is C21H23ClN2O2. The molecule has 0 saturated heterocycles. The number of rotatable bonds is 4. The summed E-state index contributed by atoms with van der Waals surface area (Å²) in [6.45, 7) is 4.30. The lowest BCUT2D eigenvalue weighted by molar-refractivity contribution is -0.111. The highest BCUT2D eigenvalue weighted by molar-refractivity contribution is 6.30. The van der Waals surface area contributed by atoms with E-state index < -0.39 is 5.72 Å². The average Bonchev–Trinajstić information content (AvgIpc) is 3.10. The van der Waals surface area contributed by atoms with Gasteiger partial charge in [0.2, 0.25) is 0 Å². The standard InChI is InChI=1S/C21H23ClN2O2/c1-4-11-21(2)24-19(17-12-15(22)7-10-20(17)26-21)13-18(23-24)14-5-8-16(25-3)9-6-14/h5-10,12,19H,4,11,13H2,1-3H3/t19-,21-/m0/s1. The summed E-state index contributed by atoms with van der Waals surface area (Å²) in [5.74, 6) is 1.76. The van der Waals surface area contributed by atoms with Crippen LogP contribution in [0.2, 0.25) is 5.02 Å². The van der Waals surface area contributed by atoms with E-state index in [1.54, 1.807) is 7.11 Å². The second-order valence-corrected chi connectivity index (χ2v) is 7.49. The summed E-state index contributed by atoms with van der Waals surface area (Å²) in [4.78, 5) is 0. The smallest absolute Gasteiger partial charge is 0.195 e. The Morgan fingerprint density at radius 3 is 2.73 bits per heavy atom. The zero-order chi connectivity index (χ0) is 18.3. The molecule has 0 fully saturated rings. The van der Waals surface area contributed by atoms with Gasteiger partial charge in [-0.25, -0.2) is 5.01 Å². The largest absolute Gasteiger partial charge is 0.497 e. The van der Waals surface area contributed by atoms with Crippen molar-refractivity contribution in [1.82, 2.24) is 5.01 Å². The Hall–Kier alpha value is -2.20. The SMILES string of the molecule is CCC[C@]1(C)Oc2ccc(Cl)cc2[C@@H]2CC(c3ccc(OC)cc3)=NN21. The molecular weight excluding hydrogens is 348 g/mol. The summed E-state index contributed by atoms with van der Waals surface area (Å²) in [5, 5.41) is 7.84. The number of hydrazone groups is 1. The van der Waals surface area contributed by atoms with Crippen molar-refractivity contribution in [2.24, 2.45) is 5.10 Å². The number of fused-ring (bicyclic) bond motifs is 3. The highest BCUT2D eigenvalue weighted by atomic mass is 35.5. The number of benzene rings is 2. The van der Waals surface area contributed by atoms with E-state index in [0.29, 0.717) is 0 Å². The van der Waals surface area contributed by atoms with E-state index in [1.165, 1.54) is 0 Å². The first-order valence-electron chi connectivity index (χ1n) is 9.04. The van der Waals surface area contributed by atoms with Crippen LogP contribution >= 0.6 is 11.6 Å². The maximum atomic E-state index is 6.39. The number of ether oxygens (including phenoxy) is 2. The molecule has 0 unspecified atom stereocenters. The van der Waals surface area contributed by atoms with E-state index in [1.807, 2.05) is 30.3 Å². The minimum absolute atomic E-state index is 0.145. The second kappa shape index (κ2) is 6.51. The van der Waals surface area contributed by atoms with Gasteiger partial charge in [0.25, 0.3) is 0 Å². The predicted octanol–water partition coefficient (Wildman–Crippen LogP) is 5.41. The Morgan fingerprint density at radius 1 is 1.27 bits per heavy atom. The lowest BCUT2D eigenvalue weighted by Crippen LogP contribution is -2.51. The normalized spacial score (nSPS) is 23.8. The van der Waals surface area contributed by atoms with E-state index in [2.05, 4.69) is 31.0 Å². The number of hydrogen-bond acceptors (Lipinski definition) is 4. The Bertz CT molecular complexity index is 850. The quantitative estimate of drug-likeness (QED) is 0.721. The number of halogens is 1. The first kappa shape index (κ1) is 17.2. The molecule has 136 valence electrons. The van der Waals surface area contributed by atoms with Crippen molar-refractivity contribution in [3.63, 3.8) is 0 Å². The monoisotopic (exact) mass is 370 g/mol. The molecule has 2 aromatic carbocycles. The highest BCUT2D eigenvalue weighted by Crippen LogP contribution is 2.48. The van der Waals surface area contributed by atoms with Crippen LogP contribution in [0.3, 0.4) is 0 Å². The summed E-state index contributed by atoms with van der Waals surface area (Å²) >= 11 is 6.26. The fourth-order valence-corrected chi connectivity index (χ4v) is 4.11. The maximum absolute atomic E-state index is 6.39. The van der Waals surface area contributed by atoms with Crippen molar-refractivity contribution < 1.29 is 9.47 Å². The van der Waals surface area contributed by atoms with Gasteiger partial charge in [-0.1, -0.05) is 24.9 Å². The fourth-order valence-electron chi connectivity index (χ4n) is 3.93. The summed E-state index contributed by atoms with van der Waals surface area (Å²) in [6.07, 6.45) is 2.77. The molecule has 2 aromatic rings. The topological polar surface area (TPSA) is 34.1 Å². The van der Waals surface area contributed by atoms with Crippen LogP contribution in [0, 0.1) is 0 Å². The van der Waals surface area contributed by atoms with Crippen molar-refractivity contribution in [3.05, 3.63) is 58.6 Å². The summed E-state index contributed by atoms with van der Waals surface area (Å²) in [5.41, 5.74) is 2.84. The molecule has 2 atom stereocenters. The number of methoxy groups -OCH3 is 1. The van der Waals surface area contributed by atoms with Crippen LogP contribution in [0.4, 0.5) is 0 Å². The van der Waals surface area contributed by atoms with Gasteiger partial charge in [-0.3, -0.25) is 0 Å². The fraction of sp³-hybridized carbons (Fsp3) is 0.381. The molecule has 0 N–H and O–H groups in total. The number of hydrogen-bond donors (Lipinski definition) is 0. The van der Waals surface area contributed by atoms with Gasteiger partial charge in [0, 0.05) is 23.4 Å². The van der Waals surface area contributed by atoms with Crippen molar-refractivity contribution in [1.29, 1.82) is 0 Å². The van der Waals surface area contributed by atoms with Gasteiger partial charge >= 0.3 is 0 Å². The third-order valence-corrected chi connectivity index (χ3v) is 5.43. The molecule has 0 aliphatic carbocycles.